The van der Waals surface area contributed by atoms with Gasteiger partial charge in [0.15, 0.2) is 0 Å². The highest BCUT2D eigenvalue weighted by atomic mass is 32.1. The maximum Gasteiger partial charge on any atom is 0.417 e. The zero-order chi connectivity index (χ0) is 20.2. The Kier molecular flexibility index (Phi) is 6.50. The molecule has 1 atom stereocenters. The van der Waals surface area contributed by atoms with Crippen LogP contribution in [0.5, 0.6) is 0 Å². The van der Waals surface area contributed by atoms with Gasteiger partial charge in [-0.2, -0.15) is 18.4 Å². The average molecular weight is 395 g/mol. The molecule has 1 unspecified atom stereocenters. The van der Waals surface area contributed by atoms with Crippen LogP contribution in [0.15, 0.2) is 35.7 Å². The van der Waals surface area contributed by atoms with Crippen molar-refractivity contribution >= 4 is 22.9 Å². The molecule has 144 valence electrons. The van der Waals surface area contributed by atoms with E-state index in [1.54, 1.807) is 25.1 Å². The minimum Gasteiger partial charge on any atom is -0.354 e. The maximum absolute atomic E-state index is 13.4. The van der Waals surface area contributed by atoms with Gasteiger partial charge in [0, 0.05) is 24.7 Å². The van der Waals surface area contributed by atoms with Crippen LogP contribution in [0, 0.1) is 11.3 Å². The largest absolute Gasteiger partial charge is 0.417 e. The van der Waals surface area contributed by atoms with Crippen LogP contribution in [0.4, 0.5) is 18.9 Å². The topological polar surface area (TPSA) is 47.3 Å². The smallest absolute Gasteiger partial charge is 0.354 e. The minimum atomic E-state index is -4.65. The molecule has 2 aromatic rings. The molecule has 0 aliphatic carbocycles. The van der Waals surface area contributed by atoms with Crippen molar-refractivity contribution in [3.63, 3.8) is 0 Å². The van der Waals surface area contributed by atoms with E-state index >= 15 is 0 Å². The summed E-state index contributed by atoms with van der Waals surface area (Å²) in [5.74, 6) is -0.188. The molecule has 1 aromatic carbocycles. The first-order valence-electron chi connectivity index (χ1n) is 8.30. The predicted molar refractivity (Wildman–Crippen MR) is 99.4 cm³/mol. The number of halogens is 3. The maximum atomic E-state index is 13.4. The summed E-state index contributed by atoms with van der Waals surface area (Å²) in [7, 11) is 3.24. The summed E-state index contributed by atoms with van der Waals surface area (Å²) in [5, 5.41) is 10.9. The number of thiophene rings is 1. The normalized spacial score (nSPS) is 12.3. The monoisotopic (exact) mass is 395 g/mol. The fourth-order valence-electron chi connectivity index (χ4n) is 2.82. The number of carbonyl (C=O) groups is 1. The lowest BCUT2D eigenvalue weighted by molar-refractivity contribution is -0.137. The van der Waals surface area contributed by atoms with Gasteiger partial charge in [0.1, 0.15) is 6.04 Å². The van der Waals surface area contributed by atoms with Gasteiger partial charge < -0.3 is 9.80 Å². The van der Waals surface area contributed by atoms with Gasteiger partial charge in [-0.25, -0.2) is 0 Å². The number of alkyl halides is 3. The summed E-state index contributed by atoms with van der Waals surface area (Å²) in [5.41, 5.74) is -1.17. The highest BCUT2D eigenvalue weighted by molar-refractivity contribution is 7.09. The number of anilines is 1. The van der Waals surface area contributed by atoms with Crippen LogP contribution >= 0.6 is 11.3 Å². The van der Waals surface area contributed by atoms with Crippen molar-refractivity contribution in [2.24, 2.45) is 0 Å². The second kappa shape index (κ2) is 8.44. The van der Waals surface area contributed by atoms with Gasteiger partial charge in [-0.3, -0.25) is 4.79 Å². The van der Waals surface area contributed by atoms with Crippen LogP contribution in [-0.4, -0.2) is 30.9 Å². The Hall–Kier alpha value is -2.53. The van der Waals surface area contributed by atoms with E-state index in [0.29, 0.717) is 13.0 Å². The molecule has 4 nitrogen and oxygen atoms in total. The summed E-state index contributed by atoms with van der Waals surface area (Å²) >= 11 is 1.47. The van der Waals surface area contributed by atoms with Crippen molar-refractivity contribution < 1.29 is 18.0 Å². The molecule has 8 heteroatoms. The third kappa shape index (κ3) is 4.80. The molecule has 0 saturated heterocycles. The number of amides is 1. The van der Waals surface area contributed by atoms with Gasteiger partial charge in [0.2, 0.25) is 5.91 Å². The fourth-order valence-corrected chi connectivity index (χ4v) is 3.52. The van der Waals surface area contributed by atoms with Crippen molar-refractivity contribution in [2.75, 3.05) is 19.0 Å². The molecule has 0 radical (unpaired) electrons. The van der Waals surface area contributed by atoms with Gasteiger partial charge in [-0.05, 0) is 36.1 Å². The lowest BCUT2D eigenvalue weighted by Gasteiger charge is -2.34. The number of nitrogens with zero attached hydrogens (tertiary/aromatic N) is 3. The van der Waals surface area contributed by atoms with E-state index in [0.717, 1.165) is 17.0 Å². The van der Waals surface area contributed by atoms with E-state index in [-0.39, 0.29) is 11.6 Å². The van der Waals surface area contributed by atoms with E-state index < -0.39 is 23.3 Å². The standard InChI is InChI=1S/C19H20F3N3OS/c1-4-17(18(26)24(2)3)25(12-15-6-5-9-27-15)14-8-7-13(11-23)16(10-14)19(20,21)22/h5-10,17H,4,12H2,1-3H3. The van der Waals surface area contributed by atoms with Crippen molar-refractivity contribution in [3.8, 4) is 6.07 Å². The highest BCUT2D eigenvalue weighted by Gasteiger charge is 2.35. The van der Waals surface area contributed by atoms with Crippen molar-refractivity contribution in [2.45, 2.75) is 32.1 Å². The number of nitriles is 1. The Morgan fingerprint density at radius 1 is 1.30 bits per heavy atom. The summed E-state index contributed by atoms with van der Waals surface area (Å²) in [6.07, 6.45) is -4.22. The number of hydrogen-bond donors (Lipinski definition) is 0. The molecule has 27 heavy (non-hydrogen) atoms. The van der Waals surface area contributed by atoms with E-state index in [9.17, 15) is 18.0 Å². The van der Waals surface area contributed by atoms with Gasteiger partial charge in [-0.15, -0.1) is 11.3 Å². The molecule has 1 amide bonds. The number of likely N-dealkylation sites (N-methyl/N-ethyl adjacent to an activating group) is 1. The molecule has 0 fully saturated rings. The molecular formula is C19H20F3N3OS. The molecule has 0 N–H and O–H groups in total. The van der Waals surface area contributed by atoms with Gasteiger partial charge in [0.05, 0.1) is 23.7 Å². The predicted octanol–water partition coefficient (Wildman–Crippen LogP) is 4.51. The number of hydrogen-bond acceptors (Lipinski definition) is 4. The van der Waals surface area contributed by atoms with Gasteiger partial charge >= 0.3 is 6.18 Å². The first-order valence-corrected chi connectivity index (χ1v) is 9.18. The van der Waals surface area contributed by atoms with Crippen LogP contribution in [0.25, 0.3) is 0 Å². The van der Waals surface area contributed by atoms with Gasteiger partial charge in [-0.1, -0.05) is 13.0 Å². The van der Waals surface area contributed by atoms with Crippen LogP contribution in [-0.2, 0) is 17.5 Å². The van der Waals surface area contributed by atoms with Crippen LogP contribution in [0.2, 0.25) is 0 Å². The summed E-state index contributed by atoms with van der Waals surface area (Å²) < 4.78 is 40.1. The van der Waals surface area contributed by atoms with Crippen LogP contribution in [0.1, 0.15) is 29.3 Å². The number of carbonyl (C=O) groups excluding carboxylic acids is 1. The Bertz CT molecular complexity index is 826. The summed E-state index contributed by atoms with van der Waals surface area (Å²) in [6, 6.07) is 8.28. The van der Waals surface area contributed by atoms with E-state index in [2.05, 4.69) is 0 Å². The van der Waals surface area contributed by atoms with Crippen molar-refractivity contribution in [3.05, 3.63) is 51.7 Å². The second-order valence-electron chi connectivity index (χ2n) is 6.20. The molecule has 0 aliphatic heterocycles. The molecule has 0 bridgehead atoms. The second-order valence-corrected chi connectivity index (χ2v) is 7.24. The number of rotatable bonds is 6. The Labute approximate surface area is 160 Å². The molecule has 0 spiro atoms. The molecule has 0 aliphatic rings. The lowest BCUT2D eigenvalue weighted by Crippen LogP contribution is -2.46. The molecule has 2 rings (SSSR count). The Morgan fingerprint density at radius 3 is 2.48 bits per heavy atom. The van der Waals surface area contributed by atoms with E-state index in [4.69, 9.17) is 5.26 Å². The SMILES string of the molecule is CCC(C(=O)N(C)C)N(Cc1cccs1)c1ccc(C#N)c(C(F)(F)F)c1. The third-order valence-corrected chi connectivity index (χ3v) is 5.02. The third-order valence-electron chi connectivity index (χ3n) is 4.16. The Morgan fingerprint density at radius 2 is 2.00 bits per heavy atom. The summed E-state index contributed by atoms with van der Waals surface area (Å²) in [4.78, 5) is 16.7. The highest BCUT2D eigenvalue weighted by Crippen LogP contribution is 2.35. The van der Waals surface area contributed by atoms with Crippen LogP contribution < -0.4 is 4.90 Å². The lowest BCUT2D eigenvalue weighted by atomic mass is 10.0. The first kappa shape index (κ1) is 20.8. The van der Waals surface area contributed by atoms with Crippen molar-refractivity contribution in [1.82, 2.24) is 4.90 Å². The van der Waals surface area contributed by atoms with Gasteiger partial charge in [0.25, 0.3) is 0 Å². The Balaban J connectivity index is 2.56. The zero-order valence-corrected chi connectivity index (χ0v) is 16.1. The quantitative estimate of drug-likeness (QED) is 0.723. The summed E-state index contributed by atoms with van der Waals surface area (Å²) in [6.45, 7) is 2.13. The molecule has 1 aromatic heterocycles. The molecule has 1 heterocycles. The molecule has 0 saturated carbocycles. The zero-order valence-electron chi connectivity index (χ0n) is 15.2. The minimum absolute atomic E-state index is 0.188. The van der Waals surface area contributed by atoms with Crippen LogP contribution in [0.3, 0.4) is 0 Å². The fraction of sp³-hybridized carbons (Fsp3) is 0.368. The van der Waals surface area contributed by atoms with Crippen molar-refractivity contribution in [1.29, 1.82) is 5.26 Å². The van der Waals surface area contributed by atoms with E-state index in [1.165, 1.54) is 22.3 Å². The number of benzene rings is 1. The molecular weight excluding hydrogens is 375 g/mol. The average Bonchev–Trinajstić information content (AvgIpc) is 3.13. The van der Waals surface area contributed by atoms with E-state index in [1.807, 2.05) is 24.4 Å². The first-order chi connectivity index (χ1) is 12.7.